The van der Waals surface area contributed by atoms with Crippen LogP contribution in [0.2, 0.25) is 0 Å². The number of nitrogens with zero attached hydrogens (tertiary/aromatic N) is 1. The van der Waals surface area contributed by atoms with Gasteiger partial charge in [-0.3, -0.25) is 4.79 Å². The second-order valence-electron chi connectivity index (χ2n) is 6.06. The van der Waals surface area contributed by atoms with Crippen LogP contribution in [0.4, 0.5) is 0 Å². The van der Waals surface area contributed by atoms with Crippen LogP contribution in [-0.4, -0.2) is 36.5 Å². The normalized spacial score (nSPS) is 37.4. The number of rotatable bonds is 4. The second kappa shape index (κ2) is 5.04. The van der Waals surface area contributed by atoms with Gasteiger partial charge in [-0.05, 0) is 44.1 Å². The lowest BCUT2D eigenvalue weighted by molar-refractivity contribution is -0.138. The Kier molecular flexibility index (Phi) is 3.42. The predicted molar refractivity (Wildman–Crippen MR) is 72.1 cm³/mol. The summed E-state index contributed by atoms with van der Waals surface area (Å²) in [7, 11) is 0. The summed E-state index contributed by atoms with van der Waals surface area (Å²) in [5.41, 5.74) is 0. The van der Waals surface area contributed by atoms with Crippen molar-refractivity contribution in [2.45, 2.75) is 38.6 Å². The van der Waals surface area contributed by atoms with Gasteiger partial charge in [-0.2, -0.15) is 0 Å². The fourth-order valence-electron chi connectivity index (χ4n) is 3.90. The van der Waals surface area contributed by atoms with Gasteiger partial charge < -0.3 is 10.2 Å². The highest BCUT2D eigenvalue weighted by molar-refractivity contribution is 5.80. The molecule has 2 aliphatic carbocycles. The van der Waals surface area contributed by atoms with E-state index >= 15 is 0 Å². The largest absolute Gasteiger partial charge is 0.338 e. The van der Waals surface area contributed by atoms with Crippen molar-refractivity contribution >= 4 is 5.91 Å². The molecule has 0 aromatic carbocycles. The van der Waals surface area contributed by atoms with Crippen LogP contribution in [-0.2, 0) is 4.79 Å². The van der Waals surface area contributed by atoms with Crippen molar-refractivity contribution in [1.82, 2.24) is 10.2 Å². The number of nitrogens with one attached hydrogen (secondary N) is 1. The van der Waals surface area contributed by atoms with Crippen LogP contribution in [0.25, 0.3) is 0 Å². The first-order valence-corrected chi connectivity index (χ1v) is 7.49. The summed E-state index contributed by atoms with van der Waals surface area (Å²) >= 11 is 0. The highest BCUT2D eigenvalue weighted by Crippen LogP contribution is 2.44. The third kappa shape index (κ3) is 2.09. The van der Waals surface area contributed by atoms with Crippen LogP contribution in [0.1, 0.15) is 32.6 Å². The first-order chi connectivity index (χ1) is 8.79. The van der Waals surface area contributed by atoms with Gasteiger partial charge in [0.15, 0.2) is 0 Å². The maximum atomic E-state index is 12.8. The lowest BCUT2D eigenvalue weighted by Crippen LogP contribution is -2.45. The molecule has 0 radical (unpaired) electrons. The number of carbonyl (C=O) groups is 1. The molecule has 1 amide bonds. The summed E-state index contributed by atoms with van der Waals surface area (Å²) < 4.78 is 0. The molecule has 3 heteroatoms. The summed E-state index contributed by atoms with van der Waals surface area (Å²) in [5, 5.41) is 3.38. The Bertz CT molecular complexity index is 346. The molecule has 3 aliphatic rings. The summed E-state index contributed by atoms with van der Waals surface area (Å²) in [6, 6.07) is 0.445. The first kappa shape index (κ1) is 12.2. The number of hydrogen-bond donors (Lipinski definition) is 1. The van der Waals surface area contributed by atoms with Gasteiger partial charge in [0.1, 0.15) is 0 Å². The van der Waals surface area contributed by atoms with Gasteiger partial charge >= 0.3 is 0 Å². The SMILES string of the molecule is CCCN(C(=O)C1CC2C=CC1C2)C1CCNC1. The average Bonchev–Trinajstić information content (AvgIpc) is 3.10. The average molecular weight is 248 g/mol. The molecular formula is C15H24N2O. The van der Waals surface area contributed by atoms with Crippen LogP contribution in [0.15, 0.2) is 12.2 Å². The minimum atomic E-state index is 0.284. The van der Waals surface area contributed by atoms with Gasteiger partial charge in [0.2, 0.25) is 5.91 Å². The van der Waals surface area contributed by atoms with Crippen molar-refractivity contribution in [3.63, 3.8) is 0 Å². The van der Waals surface area contributed by atoms with E-state index in [0.717, 1.165) is 38.9 Å². The fourth-order valence-corrected chi connectivity index (χ4v) is 3.90. The number of fused-ring (bicyclic) bond motifs is 2. The molecule has 1 saturated carbocycles. The van der Waals surface area contributed by atoms with Crippen molar-refractivity contribution in [2.75, 3.05) is 19.6 Å². The number of hydrogen-bond acceptors (Lipinski definition) is 2. The van der Waals surface area contributed by atoms with Gasteiger partial charge in [-0.15, -0.1) is 0 Å². The lowest BCUT2D eigenvalue weighted by Gasteiger charge is -2.32. The van der Waals surface area contributed by atoms with E-state index in [1.807, 2.05) is 0 Å². The Hall–Kier alpha value is -0.830. The highest BCUT2D eigenvalue weighted by Gasteiger charge is 2.42. The zero-order valence-corrected chi connectivity index (χ0v) is 11.3. The smallest absolute Gasteiger partial charge is 0.226 e. The van der Waals surface area contributed by atoms with E-state index in [4.69, 9.17) is 0 Å². The molecule has 1 saturated heterocycles. The highest BCUT2D eigenvalue weighted by atomic mass is 16.2. The van der Waals surface area contributed by atoms with Gasteiger partial charge in [-0.25, -0.2) is 0 Å². The Morgan fingerprint density at radius 3 is 2.83 bits per heavy atom. The maximum absolute atomic E-state index is 12.8. The minimum absolute atomic E-state index is 0.284. The van der Waals surface area contributed by atoms with E-state index in [9.17, 15) is 4.79 Å². The van der Waals surface area contributed by atoms with E-state index in [0.29, 0.717) is 23.8 Å². The van der Waals surface area contributed by atoms with E-state index < -0.39 is 0 Å². The van der Waals surface area contributed by atoms with Crippen LogP contribution >= 0.6 is 0 Å². The topological polar surface area (TPSA) is 32.3 Å². The molecule has 3 nitrogen and oxygen atoms in total. The van der Waals surface area contributed by atoms with Crippen molar-refractivity contribution in [2.24, 2.45) is 17.8 Å². The van der Waals surface area contributed by atoms with Crippen molar-refractivity contribution in [3.05, 3.63) is 12.2 Å². The van der Waals surface area contributed by atoms with Gasteiger partial charge in [0.05, 0.1) is 0 Å². The first-order valence-electron chi connectivity index (χ1n) is 7.49. The van der Waals surface area contributed by atoms with Crippen LogP contribution in [0.3, 0.4) is 0 Å². The monoisotopic (exact) mass is 248 g/mol. The Morgan fingerprint density at radius 2 is 2.28 bits per heavy atom. The molecule has 0 aromatic rings. The zero-order chi connectivity index (χ0) is 12.5. The van der Waals surface area contributed by atoms with Crippen LogP contribution < -0.4 is 5.32 Å². The Balaban J connectivity index is 1.69. The summed E-state index contributed by atoms with van der Waals surface area (Å²) in [6.07, 6.45) is 9.12. The molecule has 18 heavy (non-hydrogen) atoms. The molecular weight excluding hydrogens is 224 g/mol. The lowest BCUT2D eigenvalue weighted by atomic mass is 9.91. The molecule has 2 fully saturated rings. The molecule has 1 N–H and O–H groups in total. The molecule has 1 heterocycles. The maximum Gasteiger partial charge on any atom is 0.226 e. The van der Waals surface area contributed by atoms with E-state index in [2.05, 4.69) is 29.3 Å². The number of allylic oxidation sites excluding steroid dienone is 2. The van der Waals surface area contributed by atoms with Crippen LogP contribution in [0, 0.1) is 17.8 Å². The standard InChI is InChI=1S/C15H24N2O/c1-2-7-17(13-5-6-16-10-13)15(18)14-9-11-3-4-12(14)8-11/h3-4,11-14,16H,2,5-10H2,1H3. The molecule has 3 rings (SSSR count). The minimum Gasteiger partial charge on any atom is -0.338 e. The molecule has 4 atom stereocenters. The third-order valence-corrected chi connectivity index (χ3v) is 4.82. The molecule has 0 aromatic heterocycles. The second-order valence-corrected chi connectivity index (χ2v) is 6.06. The summed E-state index contributed by atoms with van der Waals surface area (Å²) in [6.45, 7) is 5.16. The molecule has 2 bridgehead atoms. The summed E-state index contributed by atoms with van der Waals surface area (Å²) in [5.74, 6) is 1.94. The third-order valence-electron chi connectivity index (χ3n) is 4.82. The van der Waals surface area contributed by atoms with Crippen molar-refractivity contribution < 1.29 is 4.79 Å². The number of carbonyl (C=O) groups excluding carboxylic acids is 1. The predicted octanol–water partition coefficient (Wildman–Crippen LogP) is 1.80. The number of amides is 1. The van der Waals surface area contributed by atoms with Gasteiger partial charge in [0.25, 0.3) is 0 Å². The molecule has 4 unspecified atom stereocenters. The molecule has 100 valence electrons. The fraction of sp³-hybridized carbons (Fsp3) is 0.800. The Morgan fingerprint density at radius 1 is 1.39 bits per heavy atom. The van der Waals surface area contributed by atoms with E-state index in [1.165, 1.54) is 6.42 Å². The van der Waals surface area contributed by atoms with Crippen LogP contribution in [0.5, 0.6) is 0 Å². The molecule has 1 aliphatic heterocycles. The zero-order valence-electron chi connectivity index (χ0n) is 11.3. The van der Waals surface area contributed by atoms with E-state index in [1.54, 1.807) is 0 Å². The molecule has 0 spiro atoms. The van der Waals surface area contributed by atoms with Crippen molar-refractivity contribution in [1.29, 1.82) is 0 Å². The van der Waals surface area contributed by atoms with Gasteiger partial charge in [0, 0.05) is 25.0 Å². The van der Waals surface area contributed by atoms with E-state index in [-0.39, 0.29) is 5.92 Å². The van der Waals surface area contributed by atoms with Gasteiger partial charge in [-0.1, -0.05) is 19.1 Å². The Labute approximate surface area is 110 Å². The quantitative estimate of drug-likeness (QED) is 0.769. The summed E-state index contributed by atoms with van der Waals surface area (Å²) in [4.78, 5) is 15.0. The van der Waals surface area contributed by atoms with Crippen molar-refractivity contribution in [3.8, 4) is 0 Å².